The van der Waals surface area contributed by atoms with Crippen LogP contribution in [0, 0.1) is 5.92 Å². The van der Waals surface area contributed by atoms with Gasteiger partial charge in [-0.15, -0.1) is 0 Å². The van der Waals surface area contributed by atoms with Gasteiger partial charge in [0.1, 0.15) is 0 Å². The molecule has 12 heavy (non-hydrogen) atoms. The average molecular weight is 169 g/mol. The van der Waals surface area contributed by atoms with Crippen LogP contribution in [-0.4, -0.2) is 35.1 Å². The summed E-state index contributed by atoms with van der Waals surface area (Å²) < 4.78 is 0. The first kappa shape index (κ1) is 9.26. The Morgan fingerprint density at radius 3 is 3.00 bits per heavy atom. The first-order chi connectivity index (χ1) is 5.70. The third-order valence-corrected chi connectivity index (χ3v) is 2.53. The maximum Gasteiger partial charge on any atom is 0.246 e. The van der Waals surface area contributed by atoms with E-state index in [0.29, 0.717) is 5.92 Å². The number of amides is 1. The summed E-state index contributed by atoms with van der Waals surface area (Å²) in [5.41, 5.74) is 0. The van der Waals surface area contributed by atoms with E-state index in [1.165, 1.54) is 6.08 Å². The quantitative estimate of drug-likeness (QED) is 0.608. The lowest BCUT2D eigenvalue weighted by Gasteiger charge is -2.23. The van der Waals surface area contributed by atoms with Crippen LogP contribution in [0.15, 0.2) is 12.7 Å². The third kappa shape index (κ3) is 1.50. The monoisotopic (exact) mass is 169 g/mol. The van der Waals surface area contributed by atoms with Crippen LogP contribution in [0.3, 0.4) is 0 Å². The zero-order chi connectivity index (χ0) is 9.14. The second-order valence-electron chi connectivity index (χ2n) is 3.25. The number of aliphatic hydroxyl groups is 1. The number of likely N-dealkylation sites (tertiary alicyclic amines) is 1. The second-order valence-corrected chi connectivity index (χ2v) is 3.25. The zero-order valence-corrected chi connectivity index (χ0v) is 7.36. The summed E-state index contributed by atoms with van der Waals surface area (Å²) >= 11 is 0. The van der Waals surface area contributed by atoms with Gasteiger partial charge in [-0.3, -0.25) is 4.79 Å². The van der Waals surface area contributed by atoms with E-state index in [0.717, 1.165) is 13.0 Å². The molecule has 2 atom stereocenters. The molecule has 3 heteroatoms. The van der Waals surface area contributed by atoms with E-state index in [9.17, 15) is 4.79 Å². The molecule has 0 radical (unpaired) electrons. The molecule has 1 N–H and O–H groups in total. The SMILES string of the molecule is C=CC(=O)N1CCC(C)C1CO. The predicted octanol–water partition coefficient (Wildman–Crippen LogP) is 0.402. The predicted molar refractivity (Wildman–Crippen MR) is 46.6 cm³/mol. The van der Waals surface area contributed by atoms with Crippen molar-refractivity contribution in [1.82, 2.24) is 4.90 Å². The fourth-order valence-corrected chi connectivity index (χ4v) is 1.68. The Hall–Kier alpha value is -0.830. The van der Waals surface area contributed by atoms with Crippen LogP contribution in [0.1, 0.15) is 13.3 Å². The van der Waals surface area contributed by atoms with Crippen molar-refractivity contribution in [3.8, 4) is 0 Å². The first-order valence-electron chi connectivity index (χ1n) is 4.24. The number of rotatable bonds is 2. The Bertz CT molecular complexity index is 191. The van der Waals surface area contributed by atoms with Crippen LogP contribution in [0.2, 0.25) is 0 Å². The van der Waals surface area contributed by atoms with E-state index < -0.39 is 0 Å². The van der Waals surface area contributed by atoms with Crippen molar-refractivity contribution in [3.05, 3.63) is 12.7 Å². The van der Waals surface area contributed by atoms with Crippen LogP contribution in [0.25, 0.3) is 0 Å². The van der Waals surface area contributed by atoms with Crippen LogP contribution in [-0.2, 0) is 4.79 Å². The normalized spacial score (nSPS) is 29.0. The molecule has 1 aliphatic rings. The molecule has 0 aromatic carbocycles. The van der Waals surface area contributed by atoms with E-state index in [1.807, 2.05) is 0 Å². The highest BCUT2D eigenvalue weighted by atomic mass is 16.3. The van der Waals surface area contributed by atoms with Crippen LogP contribution >= 0.6 is 0 Å². The zero-order valence-electron chi connectivity index (χ0n) is 7.36. The highest BCUT2D eigenvalue weighted by Crippen LogP contribution is 2.23. The molecule has 3 nitrogen and oxygen atoms in total. The highest BCUT2D eigenvalue weighted by molar-refractivity contribution is 5.87. The number of hydrogen-bond acceptors (Lipinski definition) is 2. The Labute approximate surface area is 72.7 Å². The molecule has 0 aromatic heterocycles. The summed E-state index contributed by atoms with van der Waals surface area (Å²) in [5.74, 6) is 0.331. The van der Waals surface area contributed by atoms with Gasteiger partial charge >= 0.3 is 0 Å². The Morgan fingerprint density at radius 1 is 1.83 bits per heavy atom. The van der Waals surface area contributed by atoms with Gasteiger partial charge in [0, 0.05) is 6.54 Å². The second kappa shape index (κ2) is 3.72. The van der Waals surface area contributed by atoms with Gasteiger partial charge in [0.25, 0.3) is 0 Å². The minimum Gasteiger partial charge on any atom is -0.394 e. The van der Waals surface area contributed by atoms with Crippen molar-refractivity contribution in [1.29, 1.82) is 0 Å². The standard InChI is InChI=1S/C9H15NO2/c1-3-9(12)10-5-4-7(2)8(10)6-11/h3,7-8,11H,1,4-6H2,2H3. The fraction of sp³-hybridized carbons (Fsp3) is 0.667. The van der Waals surface area contributed by atoms with Crippen LogP contribution in [0.5, 0.6) is 0 Å². The van der Waals surface area contributed by atoms with Gasteiger partial charge in [0.2, 0.25) is 5.91 Å². The Kier molecular flexibility index (Phi) is 2.87. The fourth-order valence-electron chi connectivity index (χ4n) is 1.68. The van der Waals surface area contributed by atoms with Crippen LogP contribution in [0.4, 0.5) is 0 Å². The number of carbonyl (C=O) groups is 1. The van der Waals surface area contributed by atoms with Crippen molar-refractivity contribution >= 4 is 5.91 Å². The molecule has 2 unspecified atom stereocenters. The molecule has 1 amide bonds. The largest absolute Gasteiger partial charge is 0.394 e. The van der Waals surface area contributed by atoms with E-state index >= 15 is 0 Å². The lowest BCUT2D eigenvalue weighted by molar-refractivity contribution is -0.127. The van der Waals surface area contributed by atoms with Crippen LogP contribution < -0.4 is 0 Å². The molecule has 1 fully saturated rings. The van der Waals surface area contributed by atoms with Gasteiger partial charge in [-0.25, -0.2) is 0 Å². The molecular formula is C9H15NO2. The summed E-state index contributed by atoms with van der Waals surface area (Å²) in [4.78, 5) is 12.9. The minimum atomic E-state index is -0.0709. The molecule has 0 aliphatic carbocycles. The number of aliphatic hydroxyl groups excluding tert-OH is 1. The van der Waals surface area contributed by atoms with Gasteiger partial charge in [-0.1, -0.05) is 13.5 Å². The summed E-state index contributed by atoms with van der Waals surface area (Å²) in [5, 5.41) is 9.02. The van der Waals surface area contributed by atoms with Gasteiger partial charge in [0.05, 0.1) is 12.6 Å². The molecule has 1 aliphatic heterocycles. The van der Waals surface area contributed by atoms with E-state index in [4.69, 9.17) is 5.11 Å². The van der Waals surface area contributed by atoms with Gasteiger partial charge in [0.15, 0.2) is 0 Å². The Morgan fingerprint density at radius 2 is 2.50 bits per heavy atom. The molecule has 1 saturated heterocycles. The summed E-state index contributed by atoms with van der Waals surface area (Å²) in [6, 6.07) is -0.00417. The van der Waals surface area contributed by atoms with Crippen molar-refractivity contribution in [2.75, 3.05) is 13.2 Å². The summed E-state index contributed by atoms with van der Waals surface area (Å²) in [6.45, 7) is 6.28. The molecule has 0 saturated carbocycles. The third-order valence-electron chi connectivity index (χ3n) is 2.53. The first-order valence-corrected chi connectivity index (χ1v) is 4.24. The molecule has 0 aromatic rings. The lowest BCUT2D eigenvalue weighted by Crippen LogP contribution is -2.38. The average Bonchev–Trinajstić information content (AvgIpc) is 2.45. The van der Waals surface area contributed by atoms with Gasteiger partial charge < -0.3 is 10.0 Å². The van der Waals surface area contributed by atoms with Gasteiger partial charge in [-0.05, 0) is 18.4 Å². The maximum atomic E-state index is 11.2. The number of hydrogen-bond donors (Lipinski definition) is 1. The van der Waals surface area contributed by atoms with E-state index in [-0.39, 0.29) is 18.6 Å². The molecular weight excluding hydrogens is 154 g/mol. The van der Waals surface area contributed by atoms with Crippen molar-refractivity contribution < 1.29 is 9.90 Å². The van der Waals surface area contributed by atoms with E-state index in [2.05, 4.69) is 13.5 Å². The van der Waals surface area contributed by atoms with Crippen molar-refractivity contribution in [2.45, 2.75) is 19.4 Å². The number of nitrogens with zero attached hydrogens (tertiary/aromatic N) is 1. The molecule has 1 rings (SSSR count). The summed E-state index contributed by atoms with van der Waals surface area (Å²) in [6.07, 6.45) is 2.28. The van der Waals surface area contributed by atoms with Crippen molar-refractivity contribution in [3.63, 3.8) is 0 Å². The van der Waals surface area contributed by atoms with Gasteiger partial charge in [-0.2, -0.15) is 0 Å². The molecule has 0 spiro atoms. The summed E-state index contributed by atoms with van der Waals surface area (Å²) in [7, 11) is 0. The minimum absolute atomic E-state index is 0.00417. The van der Waals surface area contributed by atoms with E-state index in [1.54, 1.807) is 4.90 Å². The highest BCUT2D eigenvalue weighted by Gasteiger charge is 2.32. The molecule has 68 valence electrons. The lowest BCUT2D eigenvalue weighted by atomic mass is 10.0. The topological polar surface area (TPSA) is 40.5 Å². The van der Waals surface area contributed by atoms with Crippen molar-refractivity contribution in [2.24, 2.45) is 5.92 Å². The smallest absolute Gasteiger partial charge is 0.246 e. The number of carbonyl (C=O) groups excluding carboxylic acids is 1. The molecule has 0 bridgehead atoms. The Balaban J connectivity index is 2.65. The molecule has 1 heterocycles. The maximum absolute atomic E-state index is 11.2.